The largest absolute Gasteiger partial charge is 0.309 e. The van der Waals surface area contributed by atoms with Gasteiger partial charge in [-0.25, -0.2) is 0 Å². The first-order chi connectivity index (χ1) is 7.11. The lowest BCUT2D eigenvalue weighted by Crippen LogP contribution is -2.38. The summed E-state index contributed by atoms with van der Waals surface area (Å²) >= 11 is 0. The predicted octanol–water partition coefficient (Wildman–Crippen LogP) is 2.85. The Morgan fingerprint density at radius 2 is 1.88 bits per heavy atom. The van der Waals surface area contributed by atoms with Gasteiger partial charge in [0.1, 0.15) is 0 Å². The quantitative estimate of drug-likeness (QED) is 0.769. The monoisotopic (exact) mass is 271 g/mol. The lowest BCUT2D eigenvalue weighted by Gasteiger charge is -2.24. The maximum atomic E-state index is 12.0. The van der Waals surface area contributed by atoms with Crippen molar-refractivity contribution in [2.24, 2.45) is 5.92 Å². The molecule has 1 aromatic carbocycles. The molecule has 1 amide bonds. The summed E-state index contributed by atoms with van der Waals surface area (Å²) in [5.74, 6) is 0.297. The lowest BCUT2D eigenvalue weighted by molar-refractivity contribution is -0.121. The van der Waals surface area contributed by atoms with Crippen molar-refractivity contribution in [3.05, 3.63) is 29.8 Å². The number of hydrogen-bond acceptors (Lipinski definition) is 1. The van der Waals surface area contributed by atoms with Gasteiger partial charge in [0.05, 0.1) is 0 Å². The van der Waals surface area contributed by atoms with E-state index in [0.29, 0.717) is 6.04 Å². The van der Waals surface area contributed by atoms with Gasteiger partial charge < -0.3 is 4.90 Å². The van der Waals surface area contributed by atoms with Crippen LogP contribution in [0.2, 0.25) is 0 Å². The Bertz CT molecular complexity index is 393. The molecule has 0 radical (unpaired) electrons. The van der Waals surface area contributed by atoms with Crippen LogP contribution >= 0.6 is 27.0 Å². The topological polar surface area (TPSA) is 20.3 Å². The van der Waals surface area contributed by atoms with Crippen LogP contribution in [-0.2, 0) is 11.2 Å². The van der Waals surface area contributed by atoms with E-state index in [9.17, 15) is 4.79 Å². The molecule has 0 fully saturated rings. The third-order valence-corrected chi connectivity index (χ3v) is 2.94. The first kappa shape index (κ1) is 16.4. The Kier molecular flexibility index (Phi) is 6.13. The Balaban J connectivity index is 0.00000128. The zero-order valence-corrected chi connectivity index (χ0v) is 12.5. The summed E-state index contributed by atoms with van der Waals surface area (Å²) in [6.07, 6.45) is 0.981. The third kappa shape index (κ3) is 2.99. The predicted molar refractivity (Wildman–Crippen MR) is 82.7 cm³/mol. The number of carbonyl (C=O) groups excluding carboxylic acids is 1. The molecule has 0 saturated carbocycles. The standard InChI is InChI=1S/C13H17NO.2H2S/c1-9(2)13(15)14-10(3)8-11-6-4-5-7-12(11)14;;/h4-7,9-10H,8H2,1-3H3;2*1H2/t10-;;/m1../s1. The summed E-state index contributed by atoms with van der Waals surface area (Å²) in [6, 6.07) is 8.49. The second-order valence-electron chi connectivity index (χ2n) is 4.54. The molecule has 0 aliphatic carbocycles. The molecule has 0 spiro atoms. The van der Waals surface area contributed by atoms with Gasteiger partial charge in [0.15, 0.2) is 0 Å². The number of para-hydroxylation sites is 1. The number of rotatable bonds is 1. The minimum atomic E-state index is 0. The van der Waals surface area contributed by atoms with Crippen LogP contribution in [0.1, 0.15) is 26.3 Å². The number of benzene rings is 1. The molecule has 1 aromatic rings. The summed E-state index contributed by atoms with van der Waals surface area (Å²) in [4.78, 5) is 14.0. The smallest absolute Gasteiger partial charge is 0.229 e. The molecule has 0 bridgehead atoms. The van der Waals surface area contributed by atoms with Crippen LogP contribution in [0, 0.1) is 5.92 Å². The Hall–Kier alpha value is -0.610. The van der Waals surface area contributed by atoms with Gasteiger partial charge in [-0.1, -0.05) is 32.0 Å². The Morgan fingerprint density at radius 3 is 2.47 bits per heavy atom. The van der Waals surface area contributed by atoms with Crippen LogP contribution in [0.25, 0.3) is 0 Å². The minimum absolute atomic E-state index is 0. The van der Waals surface area contributed by atoms with Gasteiger partial charge in [0.25, 0.3) is 0 Å². The highest BCUT2D eigenvalue weighted by Crippen LogP contribution is 2.32. The van der Waals surface area contributed by atoms with Crippen molar-refractivity contribution in [1.29, 1.82) is 0 Å². The molecule has 17 heavy (non-hydrogen) atoms. The first-order valence-electron chi connectivity index (χ1n) is 5.52. The van der Waals surface area contributed by atoms with Crippen molar-refractivity contribution in [3.8, 4) is 0 Å². The summed E-state index contributed by atoms with van der Waals surface area (Å²) in [7, 11) is 0. The normalized spacial score (nSPS) is 17.2. The second-order valence-corrected chi connectivity index (χ2v) is 4.54. The average Bonchev–Trinajstić information content (AvgIpc) is 2.52. The van der Waals surface area contributed by atoms with Gasteiger partial charge in [-0.15, -0.1) is 0 Å². The maximum absolute atomic E-state index is 12.0. The average molecular weight is 271 g/mol. The molecule has 1 aliphatic heterocycles. The fourth-order valence-electron chi connectivity index (χ4n) is 2.18. The summed E-state index contributed by atoms with van der Waals surface area (Å²) < 4.78 is 0. The number of fused-ring (bicyclic) bond motifs is 1. The number of hydrogen-bond donors (Lipinski definition) is 0. The Labute approximate surface area is 117 Å². The minimum Gasteiger partial charge on any atom is -0.309 e. The third-order valence-electron chi connectivity index (χ3n) is 2.94. The van der Waals surface area contributed by atoms with Crippen LogP contribution in [0.4, 0.5) is 5.69 Å². The SMILES string of the molecule is CC(C)C(=O)N1c2ccccc2C[C@H]1C.S.S. The summed E-state index contributed by atoms with van der Waals surface area (Å²) in [5.41, 5.74) is 2.39. The molecule has 0 aromatic heterocycles. The fraction of sp³-hybridized carbons (Fsp3) is 0.462. The zero-order valence-electron chi connectivity index (χ0n) is 10.5. The molecular weight excluding hydrogens is 250 g/mol. The molecule has 2 nitrogen and oxygen atoms in total. The van der Waals surface area contributed by atoms with Gasteiger partial charge in [0.2, 0.25) is 5.91 Å². The Morgan fingerprint density at radius 1 is 1.29 bits per heavy atom. The molecule has 0 saturated heterocycles. The van der Waals surface area contributed by atoms with Gasteiger partial charge in [0, 0.05) is 17.6 Å². The van der Waals surface area contributed by atoms with E-state index in [-0.39, 0.29) is 38.8 Å². The van der Waals surface area contributed by atoms with Crippen molar-refractivity contribution < 1.29 is 4.79 Å². The maximum Gasteiger partial charge on any atom is 0.229 e. The first-order valence-corrected chi connectivity index (χ1v) is 5.52. The van der Waals surface area contributed by atoms with E-state index in [0.717, 1.165) is 12.1 Å². The van der Waals surface area contributed by atoms with E-state index < -0.39 is 0 Å². The highest BCUT2D eigenvalue weighted by Gasteiger charge is 2.31. The van der Waals surface area contributed by atoms with Crippen molar-refractivity contribution in [3.63, 3.8) is 0 Å². The van der Waals surface area contributed by atoms with Crippen molar-refractivity contribution in [2.45, 2.75) is 33.2 Å². The molecule has 0 N–H and O–H groups in total. The molecular formula is C13H21NOS2. The number of carbonyl (C=O) groups is 1. The molecule has 1 aliphatic rings. The molecule has 0 unspecified atom stereocenters. The van der Waals surface area contributed by atoms with E-state index in [1.54, 1.807) is 0 Å². The van der Waals surface area contributed by atoms with Crippen LogP contribution in [0.5, 0.6) is 0 Å². The van der Waals surface area contributed by atoms with Gasteiger partial charge in [-0.2, -0.15) is 27.0 Å². The fourth-order valence-corrected chi connectivity index (χ4v) is 2.18. The van der Waals surface area contributed by atoms with E-state index >= 15 is 0 Å². The summed E-state index contributed by atoms with van der Waals surface area (Å²) in [6.45, 7) is 6.02. The van der Waals surface area contributed by atoms with Crippen molar-refractivity contribution in [1.82, 2.24) is 0 Å². The second kappa shape index (κ2) is 6.36. The molecule has 2 rings (SSSR count). The molecule has 4 heteroatoms. The van der Waals surface area contributed by atoms with Crippen LogP contribution in [0.3, 0.4) is 0 Å². The molecule has 1 heterocycles. The van der Waals surface area contributed by atoms with Crippen LogP contribution < -0.4 is 4.90 Å². The molecule has 1 atom stereocenters. The van der Waals surface area contributed by atoms with Crippen LogP contribution in [0.15, 0.2) is 24.3 Å². The van der Waals surface area contributed by atoms with Crippen molar-refractivity contribution >= 4 is 38.6 Å². The number of amides is 1. The zero-order chi connectivity index (χ0) is 11.0. The van der Waals surface area contributed by atoms with E-state index in [1.807, 2.05) is 36.9 Å². The van der Waals surface area contributed by atoms with Gasteiger partial charge in [-0.05, 0) is 25.0 Å². The molecule has 96 valence electrons. The van der Waals surface area contributed by atoms with Crippen LogP contribution in [-0.4, -0.2) is 11.9 Å². The van der Waals surface area contributed by atoms with Gasteiger partial charge in [-0.3, -0.25) is 4.79 Å². The van der Waals surface area contributed by atoms with E-state index in [4.69, 9.17) is 0 Å². The van der Waals surface area contributed by atoms with E-state index in [1.165, 1.54) is 5.56 Å². The highest BCUT2D eigenvalue weighted by atomic mass is 32.1. The number of anilines is 1. The highest BCUT2D eigenvalue weighted by molar-refractivity contribution is 7.59. The lowest BCUT2D eigenvalue weighted by atomic mass is 10.1. The summed E-state index contributed by atoms with van der Waals surface area (Å²) in [5, 5.41) is 0. The number of nitrogens with zero attached hydrogens (tertiary/aromatic N) is 1. The van der Waals surface area contributed by atoms with Gasteiger partial charge >= 0.3 is 0 Å². The van der Waals surface area contributed by atoms with E-state index in [2.05, 4.69) is 13.0 Å². The van der Waals surface area contributed by atoms with Crippen molar-refractivity contribution in [2.75, 3.05) is 4.90 Å².